The molecule has 24 heavy (non-hydrogen) atoms. The Morgan fingerprint density at radius 3 is 2.83 bits per heavy atom. The summed E-state index contributed by atoms with van der Waals surface area (Å²) in [5.41, 5.74) is 1.36. The predicted molar refractivity (Wildman–Crippen MR) is 89.9 cm³/mol. The van der Waals surface area contributed by atoms with E-state index in [0.29, 0.717) is 12.0 Å². The van der Waals surface area contributed by atoms with E-state index in [0.717, 1.165) is 25.7 Å². The van der Waals surface area contributed by atoms with Crippen LogP contribution in [0.25, 0.3) is 0 Å². The van der Waals surface area contributed by atoms with Crippen molar-refractivity contribution in [1.82, 2.24) is 10.2 Å². The zero-order chi connectivity index (χ0) is 16.9. The number of nitrogens with one attached hydrogen (secondary N) is 1. The highest BCUT2D eigenvalue weighted by molar-refractivity contribution is 5.79. The zero-order valence-electron chi connectivity index (χ0n) is 13.8. The van der Waals surface area contributed by atoms with Crippen LogP contribution in [0.15, 0.2) is 30.3 Å². The van der Waals surface area contributed by atoms with Crippen molar-refractivity contribution in [1.29, 1.82) is 5.26 Å². The van der Waals surface area contributed by atoms with E-state index >= 15 is 0 Å². The highest BCUT2D eigenvalue weighted by atomic mass is 19.1. The van der Waals surface area contributed by atoms with Crippen LogP contribution in [0.3, 0.4) is 0 Å². The molecule has 128 valence electrons. The molecule has 2 aliphatic rings. The Labute approximate surface area is 142 Å². The molecule has 1 aliphatic carbocycles. The minimum atomic E-state index is -1.07. The number of rotatable bonds is 5. The van der Waals surface area contributed by atoms with Crippen LogP contribution in [0.5, 0.6) is 0 Å². The van der Waals surface area contributed by atoms with Gasteiger partial charge in [-0.2, -0.15) is 5.26 Å². The molecule has 1 N–H and O–H groups in total. The van der Waals surface area contributed by atoms with Crippen LogP contribution in [0, 0.1) is 17.2 Å². The molecule has 4 nitrogen and oxygen atoms in total. The van der Waals surface area contributed by atoms with Gasteiger partial charge in [-0.25, -0.2) is 4.39 Å². The molecule has 1 saturated carbocycles. The number of benzene rings is 1. The first kappa shape index (κ1) is 16.9. The summed E-state index contributed by atoms with van der Waals surface area (Å²) in [5, 5.41) is 12.3. The summed E-state index contributed by atoms with van der Waals surface area (Å²) >= 11 is 0. The number of carbonyl (C=O) groups excluding carboxylic acids is 1. The summed E-state index contributed by atoms with van der Waals surface area (Å²) in [6.07, 6.45) is 3.45. The van der Waals surface area contributed by atoms with Gasteiger partial charge in [-0.1, -0.05) is 30.3 Å². The van der Waals surface area contributed by atoms with Gasteiger partial charge in [-0.15, -0.1) is 0 Å². The van der Waals surface area contributed by atoms with Crippen molar-refractivity contribution in [2.45, 2.75) is 50.4 Å². The monoisotopic (exact) mass is 329 g/mol. The highest BCUT2D eigenvalue weighted by Crippen LogP contribution is 2.28. The normalized spacial score (nSPS) is 29.6. The average molecular weight is 329 g/mol. The van der Waals surface area contributed by atoms with Gasteiger partial charge in [0.25, 0.3) is 0 Å². The van der Waals surface area contributed by atoms with Gasteiger partial charge in [0.15, 0.2) is 0 Å². The Morgan fingerprint density at radius 1 is 1.29 bits per heavy atom. The molecule has 4 atom stereocenters. The summed E-state index contributed by atoms with van der Waals surface area (Å²) in [6, 6.07) is 12.2. The highest BCUT2D eigenvalue weighted by Gasteiger charge is 2.35. The number of amides is 1. The van der Waals surface area contributed by atoms with Crippen LogP contribution in [-0.2, 0) is 11.2 Å². The lowest BCUT2D eigenvalue weighted by molar-refractivity contribution is -0.130. The van der Waals surface area contributed by atoms with Crippen molar-refractivity contribution in [3.63, 3.8) is 0 Å². The van der Waals surface area contributed by atoms with Gasteiger partial charge in [0, 0.05) is 12.5 Å². The molecule has 1 heterocycles. The molecule has 4 unspecified atom stereocenters. The van der Waals surface area contributed by atoms with E-state index in [1.807, 2.05) is 12.1 Å². The topological polar surface area (TPSA) is 56.1 Å². The number of carbonyl (C=O) groups is 1. The fourth-order valence-corrected chi connectivity index (χ4v) is 3.91. The maximum absolute atomic E-state index is 13.4. The maximum atomic E-state index is 13.4. The number of likely N-dealkylation sites (tertiary alicyclic amines) is 1. The molecular formula is C19H24FN3O. The van der Waals surface area contributed by atoms with Crippen molar-refractivity contribution in [2.24, 2.45) is 5.92 Å². The van der Waals surface area contributed by atoms with Crippen LogP contribution in [-0.4, -0.2) is 42.2 Å². The first-order valence-electron chi connectivity index (χ1n) is 8.76. The minimum Gasteiger partial charge on any atom is -0.323 e. The Morgan fingerprint density at radius 2 is 2.08 bits per heavy atom. The molecule has 1 saturated heterocycles. The van der Waals surface area contributed by atoms with Crippen molar-refractivity contribution in [2.75, 3.05) is 13.1 Å². The van der Waals surface area contributed by atoms with E-state index in [1.165, 1.54) is 10.5 Å². The number of nitrogens with zero attached hydrogens (tertiary/aromatic N) is 2. The number of nitriles is 1. The zero-order valence-corrected chi connectivity index (χ0v) is 13.8. The van der Waals surface area contributed by atoms with Gasteiger partial charge < -0.3 is 10.2 Å². The Kier molecular flexibility index (Phi) is 5.47. The Hall–Kier alpha value is -1.93. The molecule has 1 amide bonds. The summed E-state index contributed by atoms with van der Waals surface area (Å²) in [6.45, 7) is 0.258. The summed E-state index contributed by atoms with van der Waals surface area (Å²) < 4.78 is 13.4. The number of hydrogen-bond acceptors (Lipinski definition) is 3. The second-order valence-electron chi connectivity index (χ2n) is 6.97. The van der Waals surface area contributed by atoms with Crippen molar-refractivity contribution in [3.05, 3.63) is 35.9 Å². The minimum absolute atomic E-state index is 0.0556. The van der Waals surface area contributed by atoms with Gasteiger partial charge in [-0.05, 0) is 37.2 Å². The smallest absolute Gasteiger partial charge is 0.237 e. The summed E-state index contributed by atoms with van der Waals surface area (Å²) in [7, 11) is 0. The second kappa shape index (κ2) is 7.76. The fraction of sp³-hybridized carbons (Fsp3) is 0.579. The number of alkyl halides is 1. The molecular weight excluding hydrogens is 305 g/mol. The molecule has 1 aromatic carbocycles. The van der Waals surface area contributed by atoms with Crippen LogP contribution in [0.1, 0.15) is 31.2 Å². The van der Waals surface area contributed by atoms with Gasteiger partial charge in [0.2, 0.25) is 5.91 Å². The van der Waals surface area contributed by atoms with Crippen molar-refractivity contribution < 1.29 is 9.18 Å². The molecule has 1 aliphatic heterocycles. The summed E-state index contributed by atoms with van der Waals surface area (Å²) in [4.78, 5) is 13.6. The predicted octanol–water partition coefficient (Wildman–Crippen LogP) is 2.45. The molecule has 0 spiro atoms. The molecule has 3 rings (SSSR count). The second-order valence-corrected chi connectivity index (χ2v) is 6.97. The van der Waals surface area contributed by atoms with Gasteiger partial charge in [0.05, 0.1) is 19.2 Å². The first-order chi connectivity index (χ1) is 11.7. The molecule has 2 fully saturated rings. The third-order valence-electron chi connectivity index (χ3n) is 5.17. The SMILES string of the molecule is N#CC1CC(F)CN1C(=O)CNC1CCC(Cc2ccccc2)C1. The quantitative estimate of drug-likeness (QED) is 0.903. The van der Waals surface area contributed by atoms with E-state index in [9.17, 15) is 9.18 Å². The lowest BCUT2D eigenvalue weighted by Crippen LogP contribution is -2.43. The van der Waals surface area contributed by atoms with Crippen molar-refractivity contribution >= 4 is 5.91 Å². The Balaban J connectivity index is 1.43. The Bertz CT molecular complexity index is 600. The first-order valence-corrected chi connectivity index (χ1v) is 8.76. The largest absolute Gasteiger partial charge is 0.323 e. The summed E-state index contributed by atoms with van der Waals surface area (Å²) in [5.74, 6) is 0.488. The van der Waals surface area contributed by atoms with Crippen LogP contribution in [0.4, 0.5) is 4.39 Å². The number of halogens is 1. The molecule has 0 bridgehead atoms. The van der Waals surface area contributed by atoms with E-state index in [-0.39, 0.29) is 25.4 Å². The van der Waals surface area contributed by atoms with Gasteiger partial charge >= 0.3 is 0 Å². The molecule has 0 radical (unpaired) electrons. The standard InChI is InChI=1S/C19H24FN3O/c20-16-10-18(11-21)23(13-16)19(24)12-22-17-7-6-15(9-17)8-14-4-2-1-3-5-14/h1-5,15-18,22H,6-10,12-13H2. The van der Waals surface area contributed by atoms with Gasteiger partial charge in [-0.3, -0.25) is 4.79 Å². The lowest BCUT2D eigenvalue weighted by atomic mass is 9.98. The van der Waals surface area contributed by atoms with E-state index < -0.39 is 12.2 Å². The van der Waals surface area contributed by atoms with E-state index in [4.69, 9.17) is 5.26 Å². The van der Waals surface area contributed by atoms with Crippen LogP contribution < -0.4 is 5.32 Å². The molecule has 5 heteroatoms. The average Bonchev–Trinajstić information content (AvgIpc) is 3.19. The number of hydrogen-bond donors (Lipinski definition) is 1. The maximum Gasteiger partial charge on any atom is 0.237 e. The molecule has 0 aromatic heterocycles. The third-order valence-corrected chi connectivity index (χ3v) is 5.17. The van der Waals surface area contributed by atoms with Crippen molar-refractivity contribution in [3.8, 4) is 6.07 Å². The fourth-order valence-electron chi connectivity index (χ4n) is 3.91. The van der Waals surface area contributed by atoms with E-state index in [1.54, 1.807) is 0 Å². The van der Waals surface area contributed by atoms with Crippen LogP contribution in [0.2, 0.25) is 0 Å². The van der Waals surface area contributed by atoms with E-state index in [2.05, 4.69) is 29.6 Å². The van der Waals surface area contributed by atoms with Gasteiger partial charge in [0.1, 0.15) is 12.2 Å². The molecule has 1 aromatic rings. The lowest BCUT2D eigenvalue weighted by Gasteiger charge is -2.21. The van der Waals surface area contributed by atoms with Crippen LogP contribution >= 0.6 is 0 Å². The third kappa shape index (κ3) is 4.12.